The fourth-order valence-electron chi connectivity index (χ4n) is 1.81. The van der Waals surface area contributed by atoms with Crippen molar-refractivity contribution in [1.82, 2.24) is 4.98 Å². The van der Waals surface area contributed by atoms with Crippen molar-refractivity contribution in [2.45, 2.75) is 0 Å². The van der Waals surface area contributed by atoms with Crippen molar-refractivity contribution < 1.29 is 8.42 Å². The van der Waals surface area contributed by atoms with Crippen LogP contribution in [-0.2, 0) is 8.26 Å². The van der Waals surface area contributed by atoms with Crippen LogP contribution in [0, 0.1) is 0 Å². The van der Waals surface area contributed by atoms with E-state index in [0.29, 0.717) is 0 Å². The van der Waals surface area contributed by atoms with Crippen molar-refractivity contribution >= 4 is 51.3 Å². The number of rotatable bonds is 0. The molecule has 3 rings (SSSR count). The van der Waals surface area contributed by atoms with Gasteiger partial charge < -0.3 is 0 Å². The highest BCUT2D eigenvalue weighted by Gasteiger charge is 1.98. The van der Waals surface area contributed by atoms with Gasteiger partial charge in [-0.2, -0.15) is 8.42 Å². The maximum Gasteiger partial charge on any atom is 0.317 e. The molecule has 0 saturated heterocycles. The Hall–Kier alpha value is -1.36. The van der Waals surface area contributed by atoms with E-state index in [1.54, 1.807) is 0 Å². The van der Waals surface area contributed by atoms with Gasteiger partial charge in [0.1, 0.15) is 0 Å². The predicted molar refractivity (Wildman–Crippen MR) is 79.9 cm³/mol. The van der Waals surface area contributed by atoms with Crippen LogP contribution in [0.1, 0.15) is 0 Å². The average molecular weight is 314 g/mol. The summed E-state index contributed by atoms with van der Waals surface area (Å²) in [5.74, 6) is 0. The summed E-state index contributed by atoms with van der Waals surface area (Å²) < 4.78 is 18.3. The van der Waals surface area contributed by atoms with Gasteiger partial charge in [0.2, 0.25) is 0 Å². The molecule has 0 fully saturated rings. The number of nitrogens with zero attached hydrogens (tertiary/aromatic N) is 1. The van der Waals surface area contributed by atoms with Gasteiger partial charge in [-0.3, -0.25) is 4.98 Å². The first kappa shape index (κ1) is 14.1. The molecule has 19 heavy (non-hydrogen) atoms. The Morgan fingerprint density at radius 1 is 0.842 bits per heavy atom. The maximum absolute atomic E-state index is 9.16. The van der Waals surface area contributed by atoms with Crippen LogP contribution in [0.4, 0.5) is 0 Å². The van der Waals surface area contributed by atoms with Gasteiger partial charge >= 0.3 is 8.26 Å². The van der Waals surface area contributed by atoms with Gasteiger partial charge in [-0.1, -0.05) is 42.5 Å². The SMILES string of the molecule is O=S(=O)(Cl)Cl.c1ccc2c(c1)cnc1ccccc12. The first-order valence-electron chi connectivity index (χ1n) is 5.32. The molecule has 0 bridgehead atoms. The molecule has 1 aromatic heterocycles. The third-order valence-corrected chi connectivity index (χ3v) is 2.50. The standard InChI is InChI=1S/C13H9N.Cl2O2S/c1-2-6-11-10(5-1)9-14-13-8-4-3-7-12(11)13;1-5(2,3)4/h1-9H;. The van der Waals surface area contributed by atoms with Crippen LogP contribution in [0.3, 0.4) is 0 Å². The molecule has 0 amide bonds. The first-order chi connectivity index (χ1) is 8.95. The summed E-state index contributed by atoms with van der Waals surface area (Å²) in [4.78, 5) is 4.41. The van der Waals surface area contributed by atoms with Crippen LogP contribution in [0.15, 0.2) is 54.7 Å². The summed E-state index contributed by atoms with van der Waals surface area (Å²) >= 11 is 0. The number of hydrogen-bond donors (Lipinski definition) is 0. The molecule has 0 radical (unpaired) electrons. The number of benzene rings is 2. The van der Waals surface area contributed by atoms with E-state index in [0.717, 1.165) is 5.52 Å². The van der Waals surface area contributed by atoms with Crippen LogP contribution < -0.4 is 0 Å². The zero-order valence-electron chi connectivity index (χ0n) is 9.62. The molecule has 1 heterocycles. The quantitative estimate of drug-likeness (QED) is 0.464. The van der Waals surface area contributed by atoms with Crippen LogP contribution in [0.25, 0.3) is 21.7 Å². The van der Waals surface area contributed by atoms with Crippen LogP contribution in [0.2, 0.25) is 0 Å². The summed E-state index contributed by atoms with van der Waals surface area (Å²) in [5.41, 5.74) is 1.06. The van der Waals surface area contributed by atoms with Crippen LogP contribution >= 0.6 is 21.4 Å². The molecule has 3 nitrogen and oxygen atoms in total. The highest BCUT2D eigenvalue weighted by Crippen LogP contribution is 2.22. The van der Waals surface area contributed by atoms with Crippen molar-refractivity contribution in [3.8, 4) is 0 Å². The van der Waals surface area contributed by atoms with Gasteiger partial charge in [0.15, 0.2) is 0 Å². The monoisotopic (exact) mass is 313 g/mol. The summed E-state index contributed by atoms with van der Waals surface area (Å²) in [6, 6.07) is 16.6. The van der Waals surface area contributed by atoms with E-state index in [-0.39, 0.29) is 0 Å². The lowest BCUT2D eigenvalue weighted by molar-refractivity contribution is 0.621. The Morgan fingerprint density at radius 2 is 1.37 bits per heavy atom. The zero-order valence-corrected chi connectivity index (χ0v) is 12.0. The minimum atomic E-state index is -3.72. The normalized spacial score (nSPS) is 11.1. The lowest BCUT2D eigenvalue weighted by atomic mass is 10.1. The second-order valence-corrected chi connectivity index (χ2v) is 7.41. The highest BCUT2D eigenvalue weighted by atomic mass is 36.0. The smallest absolute Gasteiger partial charge is 0.256 e. The molecule has 2 aromatic carbocycles. The molecule has 0 saturated carbocycles. The molecular weight excluding hydrogens is 305 g/mol. The number of aromatic nitrogens is 1. The van der Waals surface area contributed by atoms with E-state index in [4.69, 9.17) is 8.42 Å². The second-order valence-electron chi connectivity index (χ2n) is 3.74. The highest BCUT2D eigenvalue weighted by molar-refractivity contribution is 8.31. The zero-order chi connectivity index (χ0) is 13.9. The summed E-state index contributed by atoms with van der Waals surface area (Å²) in [6.45, 7) is 0. The lowest BCUT2D eigenvalue weighted by Crippen LogP contribution is -1.80. The minimum Gasteiger partial charge on any atom is -0.256 e. The van der Waals surface area contributed by atoms with Crippen molar-refractivity contribution in [1.29, 1.82) is 0 Å². The van der Waals surface area contributed by atoms with Crippen molar-refractivity contribution in [3.63, 3.8) is 0 Å². The predicted octanol–water partition coefficient (Wildman–Crippen LogP) is 4.10. The van der Waals surface area contributed by atoms with E-state index in [1.165, 1.54) is 16.2 Å². The van der Waals surface area contributed by atoms with Gasteiger partial charge in [-0.05, 0) is 11.5 Å². The summed E-state index contributed by atoms with van der Waals surface area (Å²) in [7, 11) is 4.81. The van der Waals surface area contributed by atoms with Crippen LogP contribution in [-0.4, -0.2) is 13.4 Å². The number of para-hydroxylation sites is 1. The van der Waals surface area contributed by atoms with E-state index in [9.17, 15) is 0 Å². The molecule has 0 aliphatic carbocycles. The fraction of sp³-hybridized carbons (Fsp3) is 0. The topological polar surface area (TPSA) is 47.0 Å². The Balaban J connectivity index is 0.000000232. The van der Waals surface area contributed by atoms with Crippen molar-refractivity contribution in [2.75, 3.05) is 0 Å². The summed E-state index contributed by atoms with van der Waals surface area (Å²) in [5, 5.41) is 3.70. The molecule has 0 aliphatic heterocycles. The fourth-order valence-corrected chi connectivity index (χ4v) is 1.81. The van der Waals surface area contributed by atoms with Gasteiger partial charge in [0.05, 0.1) is 5.52 Å². The summed E-state index contributed by atoms with van der Waals surface area (Å²) in [6.07, 6.45) is 1.93. The van der Waals surface area contributed by atoms with Crippen LogP contribution in [0.5, 0.6) is 0 Å². The van der Waals surface area contributed by atoms with Gasteiger partial charge in [0.25, 0.3) is 0 Å². The molecule has 0 aliphatic rings. The molecule has 3 aromatic rings. The van der Waals surface area contributed by atoms with Gasteiger partial charge in [0, 0.05) is 38.3 Å². The number of pyridine rings is 1. The number of halogens is 2. The van der Waals surface area contributed by atoms with E-state index in [2.05, 4.69) is 56.7 Å². The maximum atomic E-state index is 9.16. The minimum absolute atomic E-state index is 1.06. The third kappa shape index (κ3) is 4.06. The molecule has 0 unspecified atom stereocenters. The first-order valence-corrected chi connectivity index (χ1v) is 8.45. The van der Waals surface area contributed by atoms with E-state index in [1.807, 2.05) is 24.4 Å². The second kappa shape index (κ2) is 5.74. The Kier molecular flexibility index (Phi) is 4.24. The largest absolute Gasteiger partial charge is 0.317 e. The average Bonchev–Trinajstić information content (AvgIpc) is 2.37. The number of fused-ring (bicyclic) bond motifs is 3. The Bertz CT molecular complexity index is 756. The Labute approximate surface area is 119 Å². The van der Waals surface area contributed by atoms with Crippen molar-refractivity contribution in [3.05, 3.63) is 54.7 Å². The van der Waals surface area contributed by atoms with Gasteiger partial charge in [-0.25, -0.2) is 0 Å². The molecule has 0 atom stereocenters. The lowest BCUT2D eigenvalue weighted by Gasteiger charge is -2.01. The Morgan fingerprint density at radius 3 is 2.05 bits per heavy atom. The number of hydrogen-bond acceptors (Lipinski definition) is 3. The molecule has 0 spiro atoms. The molecule has 6 heteroatoms. The third-order valence-electron chi connectivity index (χ3n) is 2.50. The van der Waals surface area contributed by atoms with E-state index >= 15 is 0 Å². The van der Waals surface area contributed by atoms with Crippen molar-refractivity contribution in [2.24, 2.45) is 0 Å². The molecule has 98 valence electrons. The van der Waals surface area contributed by atoms with Gasteiger partial charge in [-0.15, -0.1) is 0 Å². The molecular formula is C13H9Cl2NO2S. The van der Waals surface area contributed by atoms with E-state index < -0.39 is 8.26 Å². The molecule has 0 N–H and O–H groups in total.